The molecule has 5 heteroatoms. The predicted octanol–water partition coefficient (Wildman–Crippen LogP) is 1.78. The molecular weight excluding hydrogens is 282 g/mol. The van der Waals surface area contributed by atoms with Crippen molar-refractivity contribution < 1.29 is 4.74 Å². The Hall–Kier alpha value is -0.520. The summed E-state index contributed by atoms with van der Waals surface area (Å²) in [5, 5.41) is 3.35. The molecule has 0 aliphatic carbocycles. The van der Waals surface area contributed by atoms with Crippen LogP contribution in [0.1, 0.15) is 35.8 Å². The highest BCUT2D eigenvalue weighted by Gasteiger charge is 2.22. The Bertz CT molecular complexity index is 418. The van der Waals surface area contributed by atoms with Gasteiger partial charge in [0.25, 0.3) is 0 Å². The number of nitrogens with one attached hydrogen (secondary N) is 1. The van der Waals surface area contributed by atoms with Crippen molar-refractivity contribution in [1.29, 1.82) is 0 Å². The van der Waals surface area contributed by atoms with E-state index in [1.54, 1.807) is 0 Å². The second-order valence-electron chi connectivity index (χ2n) is 4.61. The largest absolute Gasteiger partial charge is 0.381 e. The monoisotopic (exact) mass is 297 g/mol. The molecule has 0 radical (unpaired) electrons. The molecule has 2 aliphatic rings. The maximum atomic E-state index is 5.39. The lowest BCUT2D eigenvalue weighted by molar-refractivity contribution is 0.0834. The van der Waals surface area contributed by atoms with Gasteiger partial charge in [0, 0.05) is 44.2 Å². The number of hydrogen-bond donors (Lipinski definition) is 1. The van der Waals surface area contributed by atoms with Gasteiger partial charge in [-0.1, -0.05) is 0 Å². The van der Waals surface area contributed by atoms with E-state index >= 15 is 0 Å². The van der Waals surface area contributed by atoms with E-state index in [1.807, 2.05) is 0 Å². The lowest BCUT2D eigenvalue weighted by Gasteiger charge is -2.23. The first-order chi connectivity index (χ1) is 8.34. The maximum Gasteiger partial charge on any atom is 0.133 e. The molecule has 0 aromatic carbocycles. The highest BCUT2D eigenvalue weighted by Crippen LogP contribution is 2.28. The molecule has 0 unspecified atom stereocenters. The number of fused-ring (bicyclic) bond motifs is 1. The number of rotatable bonds is 1. The summed E-state index contributed by atoms with van der Waals surface area (Å²) in [5.74, 6) is 1.47. The Labute approximate surface area is 109 Å². The molecule has 0 bridgehead atoms. The average molecular weight is 298 g/mol. The normalized spacial score (nSPS) is 21.2. The fraction of sp³-hybridized carbons (Fsp3) is 0.667. The van der Waals surface area contributed by atoms with Crippen molar-refractivity contribution in [3.8, 4) is 0 Å². The van der Waals surface area contributed by atoms with E-state index in [9.17, 15) is 0 Å². The van der Waals surface area contributed by atoms with Crippen molar-refractivity contribution in [2.24, 2.45) is 0 Å². The number of nitrogens with zero attached hydrogens (tertiary/aromatic N) is 2. The maximum absolute atomic E-state index is 5.39. The van der Waals surface area contributed by atoms with E-state index in [4.69, 9.17) is 9.72 Å². The van der Waals surface area contributed by atoms with Gasteiger partial charge in [-0.2, -0.15) is 0 Å². The van der Waals surface area contributed by atoms with E-state index in [-0.39, 0.29) is 0 Å². The molecule has 0 atom stereocenters. The van der Waals surface area contributed by atoms with Crippen molar-refractivity contribution in [3.63, 3.8) is 0 Å². The molecule has 2 aliphatic heterocycles. The molecule has 92 valence electrons. The third-order valence-electron chi connectivity index (χ3n) is 3.49. The number of ether oxygens (including phenoxy) is 1. The first-order valence-electron chi connectivity index (χ1n) is 6.18. The highest BCUT2D eigenvalue weighted by atomic mass is 79.9. The van der Waals surface area contributed by atoms with Crippen LogP contribution in [-0.2, 0) is 17.7 Å². The summed E-state index contributed by atoms with van der Waals surface area (Å²) in [6, 6.07) is 0. The fourth-order valence-corrected chi connectivity index (χ4v) is 3.01. The second-order valence-corrected chi connectivity index (χ2v) is 5.36. The molecule has 1 aromatic rings. The summed E-state index contributed by atoms with van der Waals surface area (Å²) in [4.78, 5) is 9.38. The summed E-state index contributed by atoms with van der Waals surface area (Å²) in [5.41, 5.74) is 2.44. The zero-order valence-electron chi connectivity index (χ0n) is 9.71. The summed E-state index contributed by atoms with van der Waals surface area (Å²) in [6.45, 7) is 3.57. The van der Waals surface area contributed by atoms with Crippen molar-refractivity contribution in [2.75, 3.05) is 19.8 Å². The van der Waals surface area contributed by atoms with Crippen LogP contribution in [0.2, 0.25) is 0 Å². The lowest BCUT2D eigenvalue weighted by atomic mass is 9.98. The van der Waals surface area contributed by atoms with Gasteiger partial charge >= 0.3 is 0 Å². The lowest BCUT2D eigenvalue weighted by Crippen LogP contribution is -2.27. The number of hydrogen-bond acceptors (Lipinski definition) is 4. The molecule has 1 fully saturated rings. The zero-order chi connectivity index (χ0) is 11.7. The van der Waals surface area contributed by atoms with Crippen LogP contribution in [0.5, 0.6) is 0 Å². The minimum absolute atomic E-state index is 0.472. The number of halogens is 1. The van der Waals surface area contributed by atoms with E-state index in [1.165, 1.54) is 11.3 Å². The van der Waals surface area contributed by atoms with Crippen molar-refractivity contribution in [1.82, 2.24) is 15.3 Å². The minimum atomic E-state index is 0.472. The Kier molecular flexibility index (Phi) is 3.40. The van der Waals surface area contributed by atoms with Crippen LogP contribution >= 0.6 is 15.9 Å². The fourth-order valence-electron chi connectivity index (χ4n) is 2.46. The van der Waals surface area contributed by atoms with Crippen LogP contribution < -0.4 is 5.32 Å². The summed E-state index contributed by atoms with van der Waals surface area (Å²) >= 11 is 3.58. The topological polar surface area (TPSA) is 47.0 Å². The Morgan fingerprint density at radius 2 is 2.06 bits per heavy atom. The van der Waals surface area contributed by atoms with Gasteiger partial charge in [-0.15, -0.1) is 0 Å². The van der Waals surface area contributed by atoms with Crippen LogP contribution in [0.25, 0.3) is 0 Å². The minimum Gasteiger partial charge on any atom is -0.381 e. The van der Waals surface area contributed by atoms with E-state index in [0.717, 1.165) is 56.0 Å². The van der Waals surface area contributed by atoms with Crippen LogP contribution in [0, 0.1) is 0 Å². The molecule has 0 amide bonds. The molecule has 1 saturated heterocycles. The molecule has 1 N–H and O–H groups in total. The van der Waals surface area contributed by atoms with Gasteiger partial charge in [-0.25, -0.2) is 9.97 Å². The summed E-state index contributed by atoms with van der Waals surface area (Å²) in [7, 11) is 0. The first-order valence-corrected chi connectivity index (χ1v) is 6.97. The molecule has 3 heterocycles. The van der Waals surface area contributed by atoms with Crippen LogP contribution in [0.15, 0.2) is 4.60 Å². The molecule has 0 spiro atoms. The molecule has 1 aromatic heterocycles. The third kappa shape index (κ3) is 2.37. The zero-order valence-corrected chi connectivity index (χ0v) is 11.3. The second kappa shape index (κ2) is 5.00. The van der Waals surface area contributed by atoms with Crippen molar-refractivity contribution in [3.05, 3.63) is 21.7 Å². The standard InChI is InChI=1S/C12H16BrN3O/c13-11-9-7-14-4-1-10(9)15-12(16-11)8-2-5-17-6-3-8/h8,14H,1-7H2. The Morgan fingerprint density at radius 1 is 1.24 bits per heavy atom. The van der Waals surface area contributed by atoms with Crippen LogP contribution in [0.3, 0.4) is 0 Å². The summed E-state index contributed by atoms with van der Waals surface area (Å²) < 4.78 is 6.36. The van der Waals surface area contributed by atoms with Crippen LogP contribution in [-0.4, -0.2) is 29.7 Å². The molecule has 4 nitrogen and oxygen atoms in total. The Morgan fingerprint density at radius 3 is 2.88 bits per heavy atom. The van der Waals surface area contributed by atoms with Gasteiger partial charge in [0.1, 0.15) is 10.4 Å². The SMILES string of the molecule is Brc1nc(C2CCOCC2)nc2c1CNCC2. The van der Waals surface area contributed by atoms with Gasteiger partial charge < -0.3 is 10.1 Å². The van der Waals surface area contributed by atoms with Gasteiger partial charge in [0.15, 0.2) is 0 Å². The molecule has 17 heavy (non-hydrogen) atoms. The highest BCUT2D eigenvalue weighted by molar-refractivity contribution is 9.10. The van der Waals surface area contributed by atoms with Gasteiger partial charge in [-0.3, -0.25) is 0 Å². The van der Waals surface area contributed by atoms with Crippen molar-refractivity contribution >= 4 is 15.9 Å². The van der Waals surface area contributed by atoms with Crippen LogP contribution in [0.4, 0.5) is 0 Å². The predicted molar refractivity (Wildman–Crippen MR) is 67.9 cm³/mol. The van der Waals surface area contributed by atoms with Gasteiger partial charge in [0.05, 0.1) is 5.69 Å². The summed E-state index contributed by atoms with van der Waals surface area (Å²) in [6.07, 6.45) is 3.10. The Balaban J connectivity index is 1.92. The first kappa shape index (κ1) is 11.6. The average Bonchev–Trinajstić information content (AvgIpc) is 2.40. The van der Waals surface area contributed by atoms with Gasteiger partial charge in [-0.05, 0) is 28.8 Å². The van der Waals surface area contributed by atoms with E-state index in [2.05, 4.69) is 26.2 Å². The number of aromatic nitrogens is 2. The van der Waals surface area contributed by atoms with Crippen molar-refractivity contribution in [2.45, 2.75) is 31.7 Å². The molecule has 3 rings (SSSR count). The van der Waals surface area contributed by atoms with Gasteiger partial charge in [0.2, 0.25) is 0 Å². The molecular formula is C12H16BrN3O. The molecule has 0 saturated carbocycles. The quantitative estimate of drug-likeness (QED) is 0.803. The third-order valence-corrected chi connectivity index (χ3v) is 4.14. The smallest absolute Gasteiger partial charge is 0.133 e. The van der Waals surface area contributed by atoms with E-state index in [0.29, 0.717) is 5.92 Å². The van der Waals surface area contributed by atoms with E-state index < -0.39 is 0 Å².